The summed E-state index contributed by atoms with van der Waals surface area (Å²) < 4.78 is 5.61. The molecule has 3 heteroatoms. The lowest BCUT2D eigenvalue weighted by molar-refractivity contribution is -0.0933. The monoisotopic (exact) mass is 201 g/mol. The van der Waals surface area contributed by atoms with Gasteiger partial charge in [-0.3, -0.25) is 4.90 Å². The molecule has 0 aromatic rings. The summed E-state index contributed by atoms with van der Waals surface area (Å²) in [6, 6.07) is 0. The second-order valence-corrected chi connectivity index (χ2v) is 4.79. The number of hydrogen-bond acceptors (Lipinski definition) is 3. The second kappa shape index (κ2) is 5.10. The number of morpholine rings is 1. The van der Waals surface area contributed by atoms with Crippen LogP contribution < -0.4 is 0 Å². The number of nitrogens with zero attached hydrogens (tertiary/aromatic N) is 1. The Balaban J connectivity index is 2.30. The number of β-amino-alcohol motifs (C(OH)–C–C–N with tert-alkyl or cyclic N) is 1. The van der Waals surface area contributed by atoms with E-state index in [1.807, 2.05) is 0 Å². The van der Waals surface area contributed by atoms with Gasteiger partial charge in [-0.25, -0.2) is 0 Å². The zero-order valence-electron chi connectivity index (χ0n) is 9.62. The molecule has 84 valence electrons. The van der Waals surface area contributed by atoms with Gasteiger partial charge >= 0.3 is 0 Å². The standard InChI is InChI=1S/C11H23NO2/c1-4-5-10(13)8-12-6-7-14-11(2,3)9-12/h10,13H,4-9H2,1-3H3. The van der Waals surface area contributed by atoms with Crippen LogP contribution in [0.2, 0.25) is 0 Å². The normalized spacial score (nSPS) is 24.9. The van der Waals surface area contributed by atoms with Crippen LogP contribution in [-0.2, 0) is 4.74 Å². The van der Waals surface area contributed by atoms with Gasteiger partial charge < -0.3 is 9.84 Å². The fourth-order valence-electron chi connectivity index (χ4n) is 1.99. The zero-order chi connectivity index (χ0) is 10.6. The van der Waals surface area contributed by atoms with E-state index in [4.69, 9.17) is 4.74 Å². The highest BCUT2D eigenvalue weighted by Crippen LogP contribution is 2.16. The second-order valence-electron chi connectivity index (χ2n) is 4.79. The third-order valence-corrected chi connectivity index (χ3v) is 2.60. The van der Waals surface area contributed by atoms with Crippen molar-refractivity contribution in [3.05, 3.63) is 0 Å². The molecule has 0 radical (unpaired) electrons. The van der Waals surface area contributed by atoms with Crippen molar-refractivity contribution in [3.63, 3.8) is 0 Å². The zero-order valence-corrected chi connectivity index (χ0v) is 9.62. The summed E-state index contributed by atoms with van der Waals surface area (Å²) in [7, 11) is 0. The molecule has 0 spiro atoms. The Kier molecular flexibility index (Phi) is 4.35. The van der Waals surface area contributed by atoms with Gasteiger partial charge in [-0.1, -0.05) is 13.3 Å². The number of aliphatic hydroxyl groups excluding tert-OH is 1. The minimum absolute atomic E-state index is 0.0514. The van der Waals surface area contributed by atoms with E-state index in [1.54, 1.807) is 0 Å². The van der Waals surface area contributed by atoms with Crippen molar-refractivity contribution in [2.75, 3.05) is 26.2 Å². The first-order valence-electron chi connectivity index (χ1n) is 5.58. The largest absolute Gasteiger partial charge is 0.392 e. The lowest BCUT2D eigenvalue weighted by Gasteiger charge is -2.38. The summed E-state index contributed by atoms with van der Waals surface area (Å²) >= 11 is 0. The van der Waals surface area contributed by atoms with E-state index >= 15 is 0 Å². The molecule has 1 unspecified atom stereocenters. The average molecular weight is 201 g/mol. The van der Waals surface area contributed by atoms with Crippen molar-refractivity contribution < 1.29 is 9.84 Å². The van der Waals surface area contributed by atoms with E-state index in [2.05, 4.69) is 25.7 Å². The molecule has 14 heavy (non-hydrogen) atoms. The highest BCUT2D eigenvalue weighted by Gasteiger charge is 2.27. The third-order valence-electron chi connectivity index (χ3n) is 2.60. The van der Waals surface area contributed by atoms with Crippen LogP contribution in [0.15, 0.2) is 0 Å². The summed E-state index contributed by atoms with van der Waals surface area (Å²) in [5.74, 6) is 0. The Labute approximate surface area is 87.1 Å². The number of hydrogen-bond donors (Lipinski definition) is 1. The predicted octanol–water partition coefficient (Wildman–Crippen LogP) is 1.26. The maximum absolute atomic E-state index is 9.69. The van der Waals surface area contributed by atoms with E-state index in [-0.39, 0.29) is 11.7 Å². The molecule has 1 atom stereocenters. The van der Waals surface area contributed by atoms with Crippen molar-refractivity contribution in [1.82, 2.24) is 4.90 Å². The smallest absolute Gasteiger partial charge is 0.0753 e. The van der Waals surface area contributed by atoms with Gasteiger partial charge in [0.25, 0.3) is 0 Å². The molecular formula is C11H23NO2. The Hall–Kier alpha value is -0.120. The molecule has 0 aliphatic carbocycles. The van der Waals surface area contributed by atoms with Crippen molar-refractivity contribution in [3.8, 4) is 0 Å². The minimum atomic E-state index is -0.172. The molecule has 0 aromatic heterocycles. The van der Waals surface area contributed by atoms with Crippen molar-refractivity contribution in [2.45, 2.75) is 45.3 Å². The molecule has 1 saturated heterocycles. The van der Waals surface area contributed by atoms with Crippen LogP contribution in [0.1, 0.15) is 33.6 Å². The van der Waals surface area contributed by atoms with E-state index < -0.39 is 0 Å². The van der Waals surface area contributed by atoms with Gasteiger partial charge in [-0.05, 0) is 20.3 Å². The molecular weight excluding hydrogens is 178 g/mol. The van der Waals surface area contributed by atoms with Gasteiger partial charge in [-0.15, -0.1) is 0 Å². The van der Waals surface area contributed by atoms with Gasteiger partial charge in [0.1, 0.15) is 0 Å². The topological polar surface area (TPSA) is 32.7 Å². The number of aliphatic hydroxyl groups is 1. The van der Waals surface area contributed by atoms with Gasteiger partial charge in [0.15, 0.2) is 0 Å². The van der Waals surface area contributed by atoms with Gasteiger partial charge in [-0.2, -0.15) is 0 Å². The van der Waals surface area contributed by atoms with Crippen LogP contribution in [0.25, 0.3) is 0 Å². The van der Waals surface area contributed by atoms with Crippen LogP contribution in [0.3, 0.4) is 0 Å². The van der Waals surface area contributed by atoms with Crippen molar-refractivity contribution in [2.24, 2.45) is 0 Å². The molecule has 1 heterocycles. The maximum Gasteiger partial charge on any atom is 0.0753 e. The summed E-state index contributed by atoms with van der Waals surface area (Å²) in [6.07, 6.45) is 1.78. The van der Waals surface area contributed by atoms with Crippen LogP contribution in [0, 0.1) is 0 Å². The molecule has 1 rings (SSSR count). The summed E-state index contributed by atoms with van der Waals surface area (Å²) in [6.45, 7) is 9.76. The van der Waals surface area contributed by atoms with Crippen molar-refractivity contribution >= 4 is 0 Å². The molecule has 3 nitrogen and oxygen atoms in total. The molecule has 0 amide bonds. The Bertz CT molecular complexity index is 171. The van der Waals surface area contributed by atoms with Crippen LogP contribution in [0.4, 0.5) is 0 Å². The molecule has 1 N–H and O–H groups in total. The predicted molar refractivity (Wildman–Crippen MR) is 57.4 cm³/mol. The van der Waals surface area contributed by atoms with Crippen LogP contribution in [0.5, 0.6) is 0 Å². The van der Waals surface area contributed by atoms with Crippen molar-refractivity contribution in [1.29, 1.82) is 0 Å². The lowest BCUT2D eigenvalue weighted by Crippen LogP contribution is -2.50. The van der Waals surface area contributed by atoms with E-state index in [0.29, 0.717) is 0 Å². The van der Waals surface area contributed by atoms with E-state index in [1.165, 1.54) is 0 Å². The Morgan fingerprint density at radius 3 is 2.79 bits per heavy atom. The fourth-order valence-corrected chi connectivity index (χ4v) is 1.99. The highest BCUT2D eigenvalue weighted by molar-refractivity contribution is 4.80. The quantitative estimate of drug-likeness (QED) is 0.743. The minimum Gasteiger partial charge on any atom is -0.392 e. The van der Waals surface area contributed by atoms with E-state index in [9.17, 15) is 5.11 Å². The summed E-state index contributed by atoms with van der Waals surface area (Å²) in [5, 5.41) is 9.69. The summed E-state index contributed by atoms with van der Waals surface area (Å²) in [5.41, 5.74) is -0.0514. The summed E-state index contributed by atoms with van der Waals surface area (Å²) in [4.78, 5) is 2.30. The van der Waals surface area contributed by atoms with Gasteiger partial charge in [0, 0.05) is 19.6 Å². The third kappa shape index (κ3) is 3.95. The van der Waals surface area contributed by atoms with Gasteiger partial charge in [0.05, 0.1) is 18.3 Å². The first-order valence-corrected chi connectivity index (χ1v) is 5.58. The lowest BCUT2D eigenvalue weighted by atomic mass is 10.1. The Morgan fingerprint density at radius 2 is 2.21 bits per heavy atom. The fraction of sp³-hybridized carbons (Fsp3) is 1.00. The first-order chi connectivity index (χ1) is 6.53. The number of ether oxygens (including phenoxy) is 1. The molecule has 0 aromatic carbocycles. The van der Waals surface area contributed by atoms with Crippen LogP contribution >= 0.6 is 0 Å². The molecule has 1 fully saturated rings. The highest BCUT2D eigenvalue weighted by atomic mass is 16.5. The van der Waals surface area contributed by atoms with Crippen LogP contribution in [-0.4, -0.2) is 48.0 Å². The average Bonchev–Trinajstić information content (AvgIpc) is 2.02. The van der Waals surface area contributed by atoms with E-state index in [0.717, 1.165) is 39.1 Å². The Morgan fingerprint density at radius 1 is 1.50 bits per heavy atom. The first kappa shape index (κ1) is 12.0. The molecule has 1 aliphatic heterocycles. The van der Waals surface area contributed by atoms with Gasteiger partial charge in [0.2, 0.25) is 0 Å². The molecule has 1 aliphatic rings. The SMILES string of the molecule is CCCC(O)CN1CCOC(C)(C)C1. The molecule has 0 saturated carbocycles. The maximum atomic E-state index is 9.69. The number of rotatable bonds is 4. The molecule has 0 bridgehead atoms.